The number of nitrogens with one attached hydrogen (secondary N) is 1. The zero-order chi connectivity index (χ0) is 20.2. The molecule has 4 aromatic rings. The second kappa shape index (κ2) is 8.73. The first kappa shape index (κ1) is 19.6. The second-order valence-corrected chi connectivity index (χ2v) is 7.67. The summed E-state index contributed by atoms with van der Waals surface area (Å²) in [6.07, 6.45) is 3.03. The van der Waals surface area contributed by atoms with Crippen molar-refractivity contribution in [1.29, 1.82) is 0 Å². The van der Waals surface area contributed by atoms with E-state index in [1.165, 1.54) is 10.9 Å². The molecule has 4 rings (SSSR count). The first-order valence-corrected chi connectivity index (χ1v) is 10.4. The minimum absolute atomic E-state index is 0.711. The van der Waals surface area contributed by atoms with Gasteiger partial charge in [-0.3, -0.25) is 0 Å². The lowest BCUT2D eigenvalue weighted by atomic mass is 9.99. The molecule has 0 saturated heterocycles. The predicted molar refractivity (Wildman–Crippen MR) is 122 cm³/mol. The van der Waals surface area contributed by atoms with Gasteiger partial charge < -0.3 is 15.5 Å². The molecule has 0 aliphatic rings. The average Bonchev–Trinajstić information content (AvgIpc) is 3.11. The predicted octanol–water partition coefficient (Wildman–Crippen LogP) is 6.87. The van der Waals surface area contributed by atoms with Crippen molar-refractivity contribution in [2.24, 2.45) is 5.73 Å². The van der Waals surface area contributed by atoms with Crippen molar-refractivity contribution in [3.05, 3.63) is 82.9 Å². The van der Waals surface area contributed by atoms with E-state index in [0.29, 0.717) is 6.54 Å². The van der Waals surface area contributed by atoms with E-state index in [-0.39, 0.29) is 0 Å². The van der Waals surface area contributed by atoms with Gasteiger partial charge in [0, 0.05) is 21.7 Å². The Labute approximate surface area is 176 Å². The zero-order valence-electron chi connectivity index (χ0n) is 16.5. The molecule has 0 unspecified atom stereocenters. The number of para-hydroxylation sites is 1. The Morgan fingerprint density at radius 2 is 1.72 bits per heavy atom. The summed E-state index contributed by atoms with van der Waals surface area (Å²) < 4.78 is 6.04. The molecule has 0 amide bonds. The van der Waals surface area contributed by atoms with Crippen LogP contribution in [0.4, 0.5) is 0 Å². The molecule has 0 radical (unpaired) electrons. The third-order valence-electron chi connectivity index (χ3n) is 5.26. The molecule has 1 aromatic heterocycles. The average molecular weight is 405 g/mol. The number of hydrogen-bond donors (Lipinski definition) is 2. The van der Waals surface area contributed by atoms with Gasteiger partial charge in [0.2, 0.25) is 0 Å². The van der Waals surface area contributed by atoms with Crippen LogP contribution in [0.15, 0.2) is 66.7 Å². The van der Waals surface area contributed by atoms with Gasteiger partial charge in [0.25, 0.3) is 0 Å². The summed E-state index contributed by atoms with van der Waals surface area (Å²) in [5.74, 6) is 1.64. The SMILES string of the molecule is Cc1c(Cl)ccc2c(CCCCN)c(-c3cccc(Oc4ccccc4)c3)[nH]c12. The molecule has 29 heavy (non-hydrogen) atoms. The lowest BCUT2D eigenvalue weighted by Crippen LogP contribution is -1.99. The Morgan fingerprint density at radius 1 is 0.931 bits per heavy atom. The minimum atomic E-state index is 0.711. The van der Waals surface area contributed by atoms with Gasteiger partial charge in [0.05, 0.1) is 5.52 Å². The Morgan fingerprint density at radius 3 is 2.52 bits per heavy atom. The summed E-state index contributed by atoms with van der Waals surface area (Å²) in [6.45, 7) is 2.77. The number of aromatic nitrogens is 1. The van der Waals surface area contributed by atoms with E-state index in [1.807, 2.05) is 48.5 Å². The summed E-state index contributed by atoms with van der Waals surface area (Å²) in [4.78, 5) is 3.64. The van der Waals surface area contributed by atoms with Gasteiger partial charge in [-0.05, 0) is 74.2 Å². The number of halogens is 1. The quantitative estimate of drug-likeness (QED) is 0.330. The van der Waals surface area contributed by atoms with E-state index in [9.17, 15) is 0 Å². The summed E-state index contributed by atoms with van der Waals surface area (Å²) in [7, 11) is 0. The molecule has 0 saturated carbocycles. The van der Waals surface area contributed by atoms with Crippen molar-refractivity contribution in [2.45, 2.75) is 26.2 Å². The maximum atomic E-state index is 6.38. The number of aromatic amines is 1. The maximum absolute atomic E-state index is 6.38. The van der Waals surface area contributed by atoms with Gasteiger partial charge in [0.1, 0.15) is 11.5 Å². The molecular weight excluding hydrogens is 380 g/mol. The van der Waals surface area contributed by atoms with Crippen LogP contribution in [-0.4, -0.2) is 11.5 Å². The number of nitrogens with two attached hydrogens (primary N) is 1. The maximum Gasteiger partial charge on any atom is 0.128 e. The van der Waals surface area contributed by atoms with Gasteiger partial charge in [-0.1, -0.05) is 48.0 Å². The largest absolute Gasteiger partial charge is 0.457 e. The van der Waals surface area contributed by atoms with Crippen LogP contribution in [0.5, 0.6) is 11.5 Å². The molecule has 3 N–H and O–H groups in total. The summed E-state index contributed by atoms with van der Waals surface area (Å²) in [5.41, 5.74) is 11.4. The van der Waals surface area contributed by atoms with Crippen molar-refractivity contribution < 1.29 is 4.74 Å². The highest BCUT2D eigenvalue weighted by Crippen LogP contribution is 2.36. The standard InChI is InChI=1S/C25H25ClN2O/c1-17-23(26)14-13-22-21(12-5-6-15-27)25(28-24(17)22)18-8-7-11-20(16-18)29-19-9-3-2-4-10-19/h2-4,7-11,13-14,16,28H,5-6,12,15,27H2,1H3. The monoisotopic (exact) mass is 404 g/mol. The van der Waals surface area contributed by atoms with Crippen LogP contribution in [-0.2, 0) is 6.42 Å². The fourth-order valence-electron chi connectivity index (χ4n) is 3.73. The molecule has 3 aromatic carbocycles. The third kappa shape index (κ3) is 4.16. The van der Waals surface area contributed by atoms with E-state index < -0.39 is 0 Å². The molecule has 0 fully saturated rings. The van der Waals surface area contributed by atoms with E-state index in [1.54, 1.807) is 0 Å². The number of unbranched alkanes of at least 4 members (excludes halogenated alkanes) is 1. The number of rotatable bonds is 7. The van der Waals surface area contributed by atoms with Crippen molar-refractivity contribution >= 4 is 22.5 Å². The molecule has 0 aliphatic carbocycles. The summed E-state index contributed by atoms with van der Waals surface area (Å²) >= 11 is 6.38. The van der Waals surface area contributed by atoms with Crippen molar-refractivity contribution in [2.75, 3.05) is 6.54 Å². The molecule has 4 heteroatoms. The zero-order valence-corrected chi connectivity index (χ0v) is 17.3. The Bertz CT molecular complexity index is 1120. The number of H-pyrrole nitrogens is 1. The minimum Gasteiger partial charge on any atom is -0.457 e. The van der Waals surface area contributed by atoms with Gasteiger partial charge >= 0.3 is 0 Å². The molecule has 0 atom stereocenters. The number of fused-ring (bicyclic) bond motifs is 1. The number of benzene rings is 3. The van der Waals surface area contributed by atoms with Gasteiger partial charge in [-0.25, -0.2) is 0 Å². The lowest BCUT2D eigenvalue weighted by Gasteiger charge is -2.09. The fourth-order valence-corrected chi connectivity index (χ4v) is 3.88. The Balaban J connectivity index is 1.77. The van der Waals surface area contributed by atoms with Gasteiger partial charge in [-0.2, -0.15) is 0 Å². The van der Waals surface area contributed by atoms with Crippen molar-refractivity contribution in [3.63, 3.8) is 0 Å². The summed E-state index contributed by atoms with van der Waals surface area (Å²) in [6, 6.07) is 22.2. The number of aryl methyl sites for hydroxylation is 2. The first-order chi connectivity index (χ1) is 14.2. The Hall–Kier alpha value is -2.75. The summed E-state index contributed by atoms with van der Waals surface area (Å²) in [5, 5.41) is 2.01. The van der Waals surface area contributed by atoms with E-state index in [2.05, 4.69) is 30.1 Å². The van der Waals surface area contributed by atoms with Crippen LogP contribution in [0.25, 0.3) is 22.2 Å². The van der Waals surface area contributed by atoms with E-state index in [4.69, 9.17) is 22.1 Å². The van der Waals surface area contributed by atoms with Crippen LogP contribution < -0.4 is 10.5 Å². The fraction of sp³-hybridized carbons (Fsp3) is 0.200. The highest BCUT2D eigenvalue weighted by Gasteiger charge is 2.16. The highest BCUT2D eigenvalue weighted by molar-refractivity contribution is 6.32. The van der Waals surface area contributed by atoms with Crippen molar-refractivity contribution in [1.82, 2.24) is 4.98 Å². The second-order valence-electron chi connectivity index (χ2n) is 7.26. The van der Waals surface area contributed by atoms with Crippen LogP contribution in [0.1, 0.15) is 24.0 Å². The van der Waals surface area contributed by atoms with Gasteiger partial charge in [0.15, 0.2) is 0 Å². The van der Waals surface area contributed by atoms with E-state index >= 15 is 0 Å². The third-order valence-corrected chi connectivity index (χ3v) is 5.67. The van der Waals surface area contributed by atoms with Crippen LogP contribution in [0.2, 0.25) is 5.02 Å². The lowest BCUT2D eigenvalue weighted by molar-refractivity contribution is 0.483. The van der Waals surface area contributed by atoms with E-state index in [0.717, 1.165) is 58.1 Å². The Kier molecular flexibility index (Phi) is 5.89. The molecule has 148 valence electrons. The molecule has 0 spiro atoms. The molecular formula is C25H25ClN2O. The van der Waals surface area contributed by atoms with Crippen LogP contribution in [0, 0.1) is 6.92 Å². The number of hydrogen-bond acceptors (Lipinski definition) is 2. The van der Waals surface area contributed by atoms with Crippen molar-refractivity contribution in [3.8, 4) is 22.8 Å². The first-order valence-electron chi connectivity index (χ1n) is 10.0. The number of ether oxygens (including phenoxy) is 1. The topological polar surface area (TPSA) is 51.0 Å². The molecule has 3 nitrogen and oxygen atoms in total. The van der Waals surface area contributed by atoms with Gasteiger partial charge in [-0.15, -0.1) is 0 Å². The molecule has 0 bridgehead atoms. The van der Waals surface area contributed by atoms with Crippen LogP contribution >= 0.6 is 11.6 Å². The van der Waals surface area contributed by atoms with Crippen LogP contribution in [0.3, 0.4) is 0 Å². The smallest absolute Gasteiger partial charge is 0.128 e. The normalized spacial score (nSPS) is 11.1. The highest BCUT2D eigenvalue weighted by atomic mass is 35.5. The molecule has 0 aliphatic heterocycles. The molecule has 1 heterocycles.